The molecule has 0 heterocycles. The first-order valence-corrected chi connectivity index (χ1v) is 9.00. The van der Waals surface area contributed by atoms with Gasteiger partial charge in [-0.2, -0.15) is 0 Å². The van der Waals surface area contributed by atoms with Crippen LogP contribution in [0.25, 0.3) is 0 Å². The largest absolute Gasteiger partial charge is 0.490 e. The van der Waals surface area contributed by atoms with Crippen molar-refractivity contribution in [1.82, 2.24) is 0 Å². The molecule has 0 saturated heterocycles. The normalized spacial score (nSPS) is 22.2. The SMILES string of the molecule is CS(=O)(=O)C1CCCC(Oc2cccc(C#CCO)c2)C1. The molecule has 0 radical (unpaired) electrons. The summed E-state index contributed by atoms with van der Waals surface area (Å²) in [6.07, 6.45) is 4.24. The zero-order chi connectivity index (χ0) is 15.3. The molecule has 1 aromatic rings. The Morgan fingerprint density at radius 2 is 2.19 bits per heavy atom. The molecule has 1 aromatic carbocycles. The van der Waals surface area contributed by atoms with Gasteiger partial charge in [0.1, 0.15) is 22.2 Å². The molecule has 114 valence electrons. The third-order valence-electron chi connectivity index (χ3n) is 3.63. The molecule has 1 fully saturated rings. The predicted octanol–water partition coefficient (Wildman–Crippen LogP) is 1.77. The van der Waals surface area contributed by atoms with Gasteiger partial charge in [0, 0.05) is 18.2 Å². The maximum atomic E-state index is 11.7. The van der Waals surface area contributed by atoms with Crippen LogP contribution in [0, 0.1) is 11.8 Å². The van der Waals surface area contributed by atoms with Crippen LogP contribution < -0.4 is 4.74 Å². The van der Waals surface area contributed by atoms with Gasteiger partial charge >= 0.3 is 0 Å². The molecular weight excluding hydrogens is 288 g/mol. The molecule has 0 bridgehead atoms. The van der Waals surface area contributed by atoms with E-state index in [1.54, 1.807) is 0 Å². The summed E-state index contributed by atoms with van der Waals surface area (Å²) < 4.78 is 29.2. The van der Waals surface area contributed by atoms with Crippen molar-refractivity contribution in [2.45, 2.75) is 37.0 Å². The minimum Gasteiger partial charge on any atom is -0.490 e. The number of hydrogen-bond acceptors (Lipinski definition) is 4. The lowest BCUT2D eigenvalue weighted by atomic mass is 9.97. The summed E-state index contributed by atoms with van der Waals surface area (Å²) >= 11 is 0. The molecule has 0 amide bonds. The molecule has 5 heteroatoms. The van der Waals surface area contributed by atoms with Gasteiger partial charge in [0.15, 0.2) is 0 Å². The number of ether oxygens (including phenoxy) is 1. The number of benzene rings is 1. The molecule has 2 atom stereocenters. The van der Waals surface area contributed by atoms with Crippen LogP contribution >= 0.6 is 0 Å². The molecule has 0 aliphatic heterocycles. The summed E-state index contributed by atoms with van der Waals surface area (Å²) in [6.45, 7) is -0.177. The number of aliphatic hydroxyl groups excluding tert-OH is 1. The molecule has 21 heavy (non-hydrogen) atoms. The van der Waals surface area contributed by atoms with E-state index in [2.05, 4.69) is 11.8 Å². The smallest absolute Gasteiger partial charge is 0.150 e. The Morgan fingerprint density at radius 3 is 2.90 bits per heavy atom. The Bertz CT molecular complexity index is 640. The fourth-order valence-electron chi connectivity index (χ4n) is 2.58. The fraction of sp³-hybridized carbons (Fsp3) is 0.500. The van der Waals surface area contributed by atoms with Crippen molar-refractivity contribution in [2.24, 2.45) is 0 Å². The first-order chi connectivity index (χ1) is 9.99. The lowest BCUT2D eigenvalue weighted by molar-refractivity contribution is 0.156. The van der Waals surface area contributed by atoms with Crippen molar-refractivity contribution >= 4 is 9.84 Å². The Labute approximate surface area is 126 Å². The Hall–Kier alpha value is -1.51. The van der Waals surface area contributed by atoms with Gasteiger partial charge in [-0.1, -0.05) is 17.9 Å². The summed E-state index contributed by atoms with van der Waals surface area (Å²) in [7, 11) is -3.00. The highest BCUT2D eigenvalue weighted by molar-refractivity contribution is 7.91. The van der Waals surface area contributed by atoms with E-state index in [0.717, 1.165) is 24.8 Å². The van der Waals surface area contributed by atoms with Gasteiger partial charge < -0.3 is 9.84 Å². The third-order valence-corrected chi connectivity index (χ3v) is 5.27. The molecule has 1 aliphatic carbocycles. The molecule has 2 rings (SSSR count). The summed E-state index contributed by atoms with van der Waals surface area (Å²) in [5, 5.41) is 8.40. The molecule has 2 unspecified atom stereocenters. The van der Waals surface area contributed by atoms with Gasteiger partial charge in [0.2, 0.25) is 0 Å². The van der Waals surface area contributed by atoms with E-state index in [0.29, 0.717) is 12.2 Å². The predicted molar refractivity (Wildman–Crippen MR) is 81.9 cm³/mol. The van der Waals surface area contributed by atoms with Crippen LogP contribution in [0.1, 0.15) is 31.2 Å². The summed E-state index contributed by atoms with van der Waals surface area (Å²) in [4.78, 5) is 0. The van der Waals surface area contributed by atoms with Crippen molar-refractivity contribution in [3.63, 3.8) is 0 Å². The highest BCUT2D eigenvalue weighted by Gasteiger charge is 2.29. The van der Waals surface area contributed by atoms with Crippen molar-refractivity contribution in [2.75, 3.05) is 12.9 Å². The Kier molecular flexibility index (Phi) is 5.27. The van der Waals surface area contributed by atoms with Crippen LogP contribution in [-0.4, -0.2) is 37.7 Å². The second-order valence-corrected chi connectivity index (χ2v) is 7.67. The Balaban J connectivity index is 2.04. The highest BCUT2D eigenvalue weighted by atomic mass is 32.2. The molecule has 1 saturated carbocycles. The first kappa shape index (κ1) is 15.9. The monoisotopic (exact) mass is 308 g/mol. The molecule has 4 nitrogen and oxygen atoms in total. The maximum Gasteiger partial charge on any atom is 0.150 e. The average molecular weight is 308 g/mol. The van der Waals surface area contributed by atoms with Gasteiger partial charge in [0.05, 0.1) is 11.4 Å². The standard InChI is InChI=1S/C16H20O4S/c1-21(18,19)16-9-3-8-15(12-16)20-14-7-2-5-13(11-14)6-4-10-17/h2,5,7,11,15-17H,3,8-10,12H2,1H3. The van der Waals surface area contributed by atoms with Gasteiger partial charge in [-0.25, -0.2) is 8.42 Å². The summed E-state index contributed by atoms with van der Waals surface area (Å²) in [6, 6.07) is 7.34. The molecule has 1 N–H and O–H groups in total. The molecule has 0 aromatic heterocycles. The minimum atomic E-state index is -3.00. The molecular formula is C16H20O4S. The topological polar surface area (TPSA) is 63.6 Å². The van der Waals surface area contributed by atoms with E-state index in [1.807, 2.05) is 24.3 Å². The number of aliphatic hydroxyl groups is 1. The van der Waals surface area contributed by atoms with E-state index < -0.39 is 9.84 Å². The van der Waals surface area contributed by atoms with Crippen LogP contribution in [0.3, 0.4) is 0 Å². The quantitative estimate of drug-likeness (QED) is 0.864. The van der Waals surface area contributed by atoms with Crippen LogP contribution in [0.15, 0.2) is 24.3 Å². The molecule has 0 spiro atoms. The van der Waals surface area contributed by atoms with Crippen molar-refractivity contribution < 1.29 is 18.3 Å². The van der Waals surface area contributed by atoms with E-state index in [9.17, 15) is 8.42 Å². The number of rotatable bonds is 3. The van der Waals surface area contributed by atoms with E-state index in [4.69, 9.17) is 9.84 Å². The van der Waals surface area contributed by atoms with Gasteiger partial charge in [-0.15, -0.1) is 0 Å². The maximum absolute atomic E-state index is 11.7. The zero-order valence-electron chi connectivity index (χ0n) is 12.1. The summed E-state index contributed by atoms with van der Waals surface area (Å²) in [5.41, 5.74) is 0.775. The number of hydrogen-bond donors (Lipinski definition) is 1. The highest BCUT2D eigenvalue weighted by Crippen LogP contribution is 2.27. The van der Waals surface area contributed by atoms with Crippen LogP contribution in [0.2, 0.25) is 0 Å². The third kappa shape index (κ3) is 4.76. The van der Waals surface area contributed by atoms with Crippen LogP contribution in [-0.2, 0) is 9.84 Å². The van der Waals surface area contributed by atoms with Crippen molar-refractivity contribution in [3.8, 4) is 17.6 Å². The van der Waals surface area contributed by atoms with Gasteiger partial charge in [0.25, 0.3) is 0 Å². The average Bonchev–Trinajstić information content (AvgIpc) is 2.45. The van der Waals surface area contributed by atoms with Gasteiger partial charge in [-0.3, -0.25) is 0 Å². The summed E-state index contributed by atoms with van der Waals surface area (Å²) in [5.74, 6) is 6.12. The first-order valence-electron chi connectivity index (χ1n) is 7.04. The van der Waals surface area contributed by atoms with Crippen LogP contribution in [0.4, 0.5) is 0 Å². The second kappa shape index (κ2) is 6.97. The fourth-order valence-corrected chi connectivity index (χ4v) is 3.74. The van der Waals surface area contributed by atoms with E-state index >= 15 is 0 Å². The second-order valence-electron chi connectivity index (χ2n) is 5.35. The van der Waals surface area contributed by atoms with E-state index in [1.165, 1.54) is 6.26 Å². The lowest BCUT2D eigenvalue weighted by Crippen LogP contribution is -2.33. The minimum absolute atomic E-state index is 0.0699. The van der Waals surface area contributed by atoms with Crippen molar-refractivity contribution in [3.05, 3.63) is 29.8 Å². The van der Waals surface area contributed by atoms with Crippen molar-refractivity contribution in [1.29, 1.82) is 0 Å². The van der Waals surface area contributed by atoms with Crippen LogP contribution in [0.5, 0.6) is 5.75 Å². The number of sulfone groups is 1. The zero-order valence-corrected chi connectivity index (χ0v) is 12.9. The van der Waals surface area contributed by atoms with E-state index in [-0.39, 0.29) is 18.0 Å². The molecule has 1 aliphatic rings. The Morgan fingerprint density at radius 1 is 1.38 bits per heavy atom. The van der Waals surface area contributed by atoms with Gasteiger partial charge in [-0.05, 0) is 37.5 Å². The lowest BCUT2D eigenvalue weighted by Gasteiger charge is -2.28.